The summed E-state index contributed by atoms with van der Waals surface area (Å²) >= 11 is 0. The largest absolute Gasteiger partial charge is 0.390 e. The monoisotopic (exact) mass is 252 g/mol. The number of Topliss-reactive ketones (excluding diaryl/α,β-unsaturated/α-hetero) is 1. The highest BCUT2D eigenvalue weighted by Gasteiger charge is 2.53. The molecule has 102 valence electrons. The molecule has 0 aliphatic heterocycles. The highest BCUT2D eigenvalue weighted by molar-refractivity contribution is 5.97. The summed E-state index contributed by atoms with van der Waals surface area (Å²) in [6.45, 7) is 7.46. The second kappa shape index (κ2) is 4.17. The fourth-order valence-corrected chi connectivity index (χ4v) is 3.75. The molecule has 2 saturated carbocycles. The maximum absolute atomic E-state index is 12.2. The molecule has 2 N–H and O–H groups in total. The second-order valence-corrected chi connectivity index (χ2v) is 6.75. The maximum Gasteiger partial charge on any atom is 0.161 e. The first-order chi connectivity index (χ1) is 8.15. The van der Waals surface area contributed by atoms with Crippen LogP contribution in [-0.2, 0) is 4.79 Å². The van der Waals surface area contributed by atoms with Gasteiger partial charge >= 0.3 is 0 Å². The van der Waals surface area contributed by atoms with Crippen molar-refractivity contribution in [1.29, 1.82) is 0 Å². The van der Waals surface area contributed by atoms with Gasteiger partial charge in [-0.2, -0.15) is 0 Å². The molecule has 18 heavy (non-hydrogen) atoms. The maximum atomic E-state index is 12.2. The zero-order valence-electron chi connectivity index (χ0n) is 11.8. The molecule has 3 heteroatoms. The van der Waals surface area contributed by atoms with Crippen molar-refractivity contribution in [3.05, 3.63) is 11.1 Å². The lowest BCUT2D eigenvalue weighted by atomic mass is 9.76. The van der Waals surface area contributed by atoms with Gasteiger partial charge in [0.05, 0.1) is 11.2 Å². The zero-order chi connectivity index (χ0) is 13.7. The van der Waals surface area contributed by atoms with Crippen molar-refractivity contribution in [1.82, 2.24) is 0 Å². The molecule has 4 atom stereocenters. The number of ketones is 1. The molecule has 2 aliphatic carbocycles. The van der Waals surface area contributed by atoms with Crippen molar-refractivity contribution in [2.24, 2.45) is 11.8 Å². The van der Waals surface area contributed by atoms with Crippen LogP contribution >= 0.6 is 0 Å². The predicted molar refractivity (Wildman–Crippen MR) is 70.1 cm³/mol. The Morgan fingerprint density at radius 1 is 1.17 bits per heavy atom. The van der Waals surface area contributed by atoms with Crippen LogP contribution in [0.4, 0.5) is 0 Å². The van der Waals surface area contributed by atoms with Gasteiger partial charge in [0, 0.05) is 6.42 Å². The average molecular weight is 252 g/mol. The summed E-state index contributed by atoms with van der Waals surface area (Å²) in [5.74, 6) is 0.0577. The van der Waals surface area contributed by atoms with E-state index in [1.165, 1.54) is 0 Å². The summed E-state index contributed by atoms with van der Waals surface area (Å²) in [5, 5.41) is 21.1. The third kappa shape index (κ3) is 2.14. The molecule has 0 spiro atoms. The molecule has 0 aromatic heterocycles. The minimum absolute atomic E-state index is 0.0103. The highest BCUT2D eigenvalue weighted by atomic mass is 16.3. The van der Waals surface area contributed by atoms with Crippen molar-refractivity contribution in [2.75, 3.05) is 0 Å². The van der Waals surface area contributed by atoms with E-state index in [1.54, 1.807) is 6.92 Å². The topological polar surface area (TPSA) is 57.5 Å². The number of fused-ring (bicyclic) bond motifs is 1. The summed E-state index contributed by atoms with van der Waals surface area (Å²) in [4.78, 5) is 12.2. The predicted octanol–water partition coefficient (Wildman–Crippen LogP) is 2.21. The smallest absolute Gasteiger partial charge is 0.161 e. The van der Waals surface area contributed by atoms with Gasteiger partial charge in [0.1, 0.15) is 0 Å². The van der Waals surface area contributed by atoms with Gasteiger partial charge in [-0.15, -0.1) is 0 Å². The number of carbonyl (C=O) groups excluding carboxylic acids is 1. The van der Waals surface area contributed by atoms with Crippen molar-refractivity contribution in [3.63, 3.8) is 0 Å². The van der Waals surface area contributed by atoms with Crippen LogP contribution in [0.15, 0.2) is 11.1 Å². The van der Waals surface area contributed by atoms with Crippen LogP contribution in [-0.4, -0.2) is 27.2 Å². The van der Waals surface area contributed by atoms with E-state index in [2.05, 4.69) is 0 Å². The van der Waals surface area contributed by atoms with E-state index >= 15 is 0 Å². The third-order valence-electron chi connectivity index (χ3n) is 4.93. The molecular weight excluding hydrogens is 228 g/mol. The Hall–Kier alpha value is -0.670. The van der Waals surface area contributed by atoms with Gasteiger partial charge in [0.15, 0.2) is 5.78 Å². The number of hydrogen-bond acceptors (Lipinski definition) is 3. The van der Waals surface area contributed by atoms with Gasteiger partial charge in [-0.3, -0.25) is 4.79 Å². The molecule has 0 radical (unpaired) electrons. The molecule has 0 bridgehead atoms. The molecule has 2 rings (SSSR count). The Kier molecular flexibility index (Phi) is 3.19. The van der Waals surface area contributed by atoms with Crippen LogP contribution in [0.1, 0.15) is 53.4 Å². The van der Waals surface area contributed by atoms with Gasteiger partial charge < -0.3 is 10.2 Å². The van der Waals surface area contributed by atoms with Gasteiger partial charge in [-0.05, 0) is 64.4 Å². The van der Waals surface area contributed by atoms with E-state index in [1.807, 2.05) is 20.8 Å². The summed E-state index contributed by atoms with van der Waals surface area (Å²) < 4.78 is 0. The normalized spacial score (nSPS) is 44.8. The highest BCUT2D eigenvalue weighted by Crippen LogP contribution is 2.51. The van der Waals surface area contributed by atoms with Crippen LogP contribution in [0, 0.1) is 11.8 Å². The van der Waals surface area contributed by atoms with Gasteiger partial charge in [-0.25, -0.2) is 0 Å². The molecule has 2 aliphatic rings. The zero-order valence-corrected chi connectivity index (χ0v) is 11.8. The van der Waals surface area contributed by atoms with E-state index in [9.17, 15) is 15.0 Å². The number of allylic oxidation sites excluding steroid dienone is 2. The summed E-state index contributed by atoms with van der Waals surface area (Å²) in [5.41, 5.74) is 0.0727. The Balaban J connectivity index is 2.45. The van der Waals surface area contributed by atoms with E-state index < -0.39 is 11.2 Å². The molecule has 0 unspecified atom stereocenters. The molecular formula is C15H24O3. The quantitative estimate of drug-likeness (QED) is 0.650. The van der Waals surface area contributed by atoms with Crippen LogP contribution in [0.5, 0.6) is 0 Å². The Morgan fingerprint density at radius 2 is 1.78 bits per heavy atom. The van der Waals surface area contributed by atoms with E-state index in [-0.39, 0.29) is 24.0 Å². The first kappa shape index (κ1) is 13.8. The number of aliphatic hydroxyl groups is 2. The van der Waals surface area contributed by atoms with Crippen LogP contribution in [0.3, 0.4) is 0 Å². The van der Waals surface area contributed by atoms with Crippen LogP contribution in [0.2, 0.25) is 0 Å². The first-order valence-corrected chi connectivity index (χ1v) is 6.79. The molecule has 0 amide bonds. The number of rotatable bonds is 0. The standard InChI is InChI=1S/C15H24O3/c1-9(2)10-7-12-11(5-6-14(12,3)17)15(4,18)8-13(10)16/h11-12,17-18H,5-8H2,1-4H3/t11-,12+,14-,15-/m0/s1. The summed E-state index contributed by atoms with van der Waals surface area (Å²) in [6.07, 6.45) is 2.30. The van der Waals surface area contributed by atoms with Crippen molar-refractivity contribution >= 4 is 5.78 Å². The molecule has 0 aromatic carbocycles. The van der Waals surface area contributed by atoms with E-state index in [4.69, 9.17) is 0 Å². The molecule has 0 saturated heterocycles. The van der Waals surface area contributed by atoms with Crippen LogP contribution < -0.4 is 0 Å². The van der Waals surface area contributed by atoms with Crippen molar-refractivity contribution in [3.8, 4) is 0 Å². The van der Waals surface area contributed by atoms with E-state index in [0.29, 0.717) is 12.8 Å². The minimum atomic E-state index is -0.987. The summed E-state index contributed by atoms with van der Waals surface area (Å²) in [6, 6.07) is 0. The molecule has 0 aromatic rings. The Morgan fingerprint density at radius 3 is 2.33 bits per heavy atom. The minimum Gasteiger partial charge on any atom is -0.390 e. The van der Waals surface area contributed by atoms with Gasteiger partial charge in [0.2, 0.25) is 0 Å². The second-order valence-electron chi connectivity index (χ2n) is 6.75. The van der Waals surface area contributed by atoms with Crippen molar-refractivity contribution < 1.29 is 15.0 Å². The Bertz CT molecular complexity index is 400. The fraction of sp³-hybridized carbons (Fsp3) is 0.800. The summed E-state index contributed by atoms with van der Waals surface area (Å²) in [7, 11) is 0. The van der Waals surface area contributed by atoms with Gasteiger partial charge in [-0.1, -0.05) is 5.57 Å². The molecule has 2 fully saturated rings. The third-order valence-corrected chi connectivity index (χ3v) is 4.93. The lowest BCUT2D eigenvalue weighted by Crippen LogP contribution is -2.41. The lowest BCUT2D eigenvalue weighted by molar-refractivity contribution is -0.121. The van der Waals surface area contributed by atoms with Crippen LogP contribution in [0.25, 0.3) is 0 Å². The fourth-order valence-electron chi connectivity index (χ4n) is 3.75. The number of carbonyl (C=O) groups is 1. The molecule has 3 nitrogen and oxygen atoms in total. The van der Waals surface area contributed by atoms with Crippen molar-refractivity contribution in [2.45, 2.75) is 64.6 Å². The molecule has 0 heterocycles. The SMILES string of the molecule is CC(C)=C1C[C@@H]2[C@H](CC[C@]2(C)O)[C@@](C)(O)CC1=O. The number of hydrogen-bond donors (Lipinski definition) is 2. The van der Waals surface area contributed by atoms with Gasteiger partial charge in [0.25, 0.3) is 0 Å². The lowest BCUT2D eigenvalue weighted by Gasteiger charge is -2.34. The first-order valence-electron chi connectivity index (χ1n) is 6.79. The Labute approximate surface area is 109 Å². The van der Waals surface area contributed by atoms with E-state index in [0.717, 1.165) is 17.6 Å². The average Bonchev–Trinajstić information content (AvgIpc) is 2.43.